The van der Waals surface area contributed by atoms with E-state index in [0.717, 1.165) is 10.1 Å². The summed E-state index contributed by atoms with van der Waals surface area (Å²) in [7, 11) is 2.82. The lowest BCUT2D eigenvalue weighted by Crippen LogP contribution is -2.06. The van der Waals surface area contributed by atoms with Crippen LogP contribution < -0.4 is 4.74 Å². The Bertz CT molecular complexity index is 683. The highest BCUT2D eigenvalue weighted by molar-refractivity contribution is 8.00. The molecule has 0 saturated heterocycles. The molecule has 0 spiro atoms. The standard InChI is InChI=1S/C16H17NO4S2/c1-19-9-12(15(18)20-2)14-13(17-16(22-3)23-14)10-21-11-7-5-4-6-8-11/h4-9H,10H2,1-3H3/b12-9+. The number of carbonyl (C=O) groups is 1. The van der Waals surface area contributed by atoms with E-state index in [1.807, 2.05) is 36.6 Å². The van der Waals surface area contributed by atoms with E-state index in [1.54, 1.807) is 0 Å². The molecule has 122 valence electrons. The second-order valence-corrected chi connectivity index (χ2v) is 6.37. The summed E-state index contributed by atoms with van der Waals surface area (Å²) in [6, 6.07) is 9.45. The van der Waals surface area contributed by atoms with Gasteiger partial charge in [-0.1, -0.05) is 30.0 Å². The number of thioether (sulfide) groups is 1. The second kappa shape index (κ2) is 8.59. The molecule has 0 amide bonds. The Kier molecular flexibility index (Phi) is 6.49. The number of benzene rings is 1. The summed E-state index contributed by atoms with van der Waals surface area (Å²) < 4.78 is 16.4. The number of methoxy groups -OCH3 is 2. The van der Waals surface area contributed by atoms with E-state index in [9.17, 15) is 4.79 Å². The van der Waals surface area contributed by atoms with Gasteiger partial charge in [-0.15, -0.1) is 11.3 Å². The zero-order valence-corrected chi connectivity index (χ0v) is 14.7. The Labute approximate surface area is 143 Å². The third kappa shape index (κ3) is 4.49. The van der Waals surface area contributed by atoms with Crippen LogP contribution in [-0.2, 0) is 20.9 Å². The van der Waals surface area contributed by atoms with Gasteiger partial charge < -0.3 is 14.2 Å². The van der Waals surface area contributed by atoms with E-state index in [-0.39, 0.29) is 6.61 Å². The van der Waals surface area contributed by atoms with Crippen molar-refractivity contribution in [3.05, 3.63) is 47.2 Å². The maximum Gasteiger partial charge on any atom is 0.342 e. The quantitative estimate of drug-likeness (QED) is 0.329. The lowest BCUT2D eigenvalue weighted by Gasteiger charge is -2.07. The first-order chi connectivity index (χ1) is 11.2. The van der Waals surface area contributed by atoms with Gasteiger partial charge in [-0.25, -0.2) is 9.78 Å². The molecule has 0 fully saturated rings. The molecule has 5 nitrogen and oxygen atoms in total. The molecule has 2 aromatic rings. The molecule has 2 rings (SSSR count). The zero-order chi connectivity index (χ0) is 16.7. The van der Waals surface area contributed by atoms with Crippen LogP contribution in [0.15, 0.2) is 40.9 Å². The van der Waals surface area contributed by atoms with Gasteiger partial charge in [0.15, 0.2) is 4.34 Å². The summed E-state index contributed by atoms with van der Waals surface area (Å²) in [5.41, 5.74) is 1.01. The molecule has 0 atom stereocenters. The van der Waals surface area contributed by atoms with E-state index in [1.165, 1.54) is 43.6 Å². The molecule has 0 aliphatic rings. The molecule has 23 heavy (non-hydrogen) atoms. The van der Waals surface area contributed by atoms with Crippen LogP contribution in [0.5, 0.6) is 5.75 Å². The van der Waals surface area contributed by atoms with Crippen molar-refractivity contribution in [2.24, 2.45) is 0 Å². The highest BCUT2D eigenvalue weighted by atomic mass is 32.2. The van der Waals surface area contributed by atoms with Crippen molar-refractivity contribution in [1.29, 1.82) is 0 Å². The van der Waals surface area contributed by atoms with Crippen LogP contribution in [0.25, 0.3) is 5.57 Å². The summed E-state index contributed by atoms with van der Waals surface area (Å²) in [4.78, 5) is 17.2. The number of esters is 1. The lowest BCUT2D eigenvalue weighted by molar-refractivity contribution is -0.133. The minimum absolute atomic E-state index is 0.258. The number of para-hydroxylation sites is 1. The van der Waals surface area contributed by atoms with Gasteiger partial charge in [0.25, 0.3) is 0 Å². The summed E-state index contributed by atoms with van der Waals surface area (Å²) in [5.74, 6) is 0.275. The van der Waals surface area contributed by atoms with Gasteiger partial charge in [0, 0.05) is 0 Å². The molecule has 0 radical (unpaired) electrons. The van der Waals surface area contributed by atoms with Crippen LogP contribution in [-0.4, -0.2) is 31.4 Å². The highest BCUT2D eigenvalue weighted by Gasteiger charge is 2.22. The molecular formula is C16H17NO4S2. The molecule has 0 N–H and O–H groups in total. The third-order valence-corrected chi connectivity index (χ3v) is 4.97. The van der Waals surface area contributed by atoms with Crippen LogP contribution in [0.3, 0.4) is 0 Å². The monoisotopic (exact) mass is 351 g/mol. The fraction of sp³-hybridized carbons (Fsp3) is 0.250. The van der Waals surface area contributed by atoms with Gasteiger partial charge in [-0.2, -0.15) is 0 Å². The van der Waals surface area contributed by atoms with E-state index >= 15 is 0 Å². The largest absolute Gasteiger partial charge is 0.503 e. The van der Waals surface area contributed by atoms with Gasteiger partial charge in [-0.05, 0) is 18.4 Å². The van der Waals surface area contributed by atoms with Crippen LogP contribution >= 0.6 is 23.1 Å². The predicted molar refractivity (Wildman–Crippen MR) is 91.7 cm³/mol. The first-order valence-electron chi connectivity index (χ1n) is 6.72. The summed E-state index contributed by atoms with van der Waals surface area (Å²) in [6.07, 6.45) is 3.30. The molecule has 1 aromatic carbocycles. The van der Waals surface area contributed by atoms with Crippen LogP contribution in [0, 0.1) is 0 Å². The Morgan fingerprint density at radius 2 is 2.04 bits per heavy atom. The number of aromatic nitrogens is 1. The number of rotatable bonds is 7. The molecule has 0 aliphatic heterocycles. The van der Waals surface area contributed by atoms with E-state index in [2.05, 4.69) is 4.98 Å². The van der Waals surface area contributed by atoms with Crippen molar-refractivity contribution < 1.29 is 19.0 Å². The smallest absolute Gasteiger partial charge is 0.342 e. The normalized spacial score (nSPS) is 11.2. The van der Waals surface area contributed by atoms with Gasteiger partial charge >= 0.3 is 5.97 Å². The molecule has 0 aliphatic carbocycles. The fourth-order valence-electron chi connectivity index (χ4n) is 1.82. The minimum atomic E-state index is -0.468. The van der Waals surface area contributed by atoms with Crippen LogP contribution in [0.2, 0.25) is 0 Å². The molecular weight excluding hydrogens is 334 g/mol. The number of thiazole rings is 1. The predicted octanol–water partition coefficient (Wildman–Crippen LogP) is 3.60. The van der Waals surface area contributed by atoms with Crippen molar-refractivity contribution in [2.45, 2.75) is 10.9 Å². The Balaban J connectivity index is 2.29. The van der Waals surface area contributed by atoms with Gasteiger partial charge in [-0.3, -0.25) is 0 Å². The molecule has 1 heterocycles. The Hall–Kier alpha value is -1.99. The van der Waals surface area contributed by atoms with Crippen molar-refractivity contribution in [1.82, 2.24) is 4.98 Å². The average Bonchev–Trinajstić information content (AvgIpc) is 3.01. The fourth-order valence-corrected chi connectivity index (χ4v) is 3.40. The molecule has 1 aromatic heterocycles. The summed E-state index contributed by atoms with van der Waals surface area (Å²) in [6.45, 7) is 0.258. The first-order valence-corrected chi connectivity index (χ1v) is 8.77. The molecule has 0 unspecified atom stereocenters. The van der Waals surface area contributed by atoms with Crippen molar-refractivity contribution in [3.63, 3.8) is 0 Å². The minimum Gasteiger partial charge on any atom is -0.503 e. The number of hydrogen-bond donors (Lipinski definition) is 0. The topological polar surface area (TPSA) is 57.7 Å². The summed E-state index contributed by atoms with van der Waals surface area (Å²) in [5, 5.41) is 0. The SMILES string of the molecule is CO/C=C(/C(=O)OC)c1sc(SC)nc1COc1ccccc1. The molecule has 0 bridgehead atoms. The number of carbonyl (C=O) groups excluding carboxylic acids is 1. The lowest BCUT2D eigenvalue weighted by atomic mass is 10.2. The van der Waals surface area contributed by atoms with Crippen LogP contribution in [0.4, 0.5) is 0 Å². The Morgan fingerprint density at radius 1 is 1.30 bits per heavy atom. The third-order valence-electron chi connectivity index (χ3n) is 2.86. The molecule has 7 heteroatoms. The first kappa shape index (κ1) is 17.4. The highest BCUT2D eigenvalue weighted by Crippen LogP contribution is 2.32. The van der Waals surface area contributed by atoms with Crippen molar-refractivity contribution in [3.8, 4) is 5.75 Å². The van der Waals surface area contributed by atoms with Gasteiger partial charge in [0.1, 0.15) is 17.9 Å². The number of ether oxygens (including phenoxy) is 3. The maximum atomic E-state index is 12.0. The van der Waals surface area contributed by atoms with Crippen molar-refractivity contribution in [2.75, 3.05) is 20.5 Å². The van der Waals surface area contributed by atoms with Crippen LogP contribution in [0.1, 0.15) is 10.6 Å². The van der Waals surface area contributed by atoms with E-state index in [0.29, 0.717) is 16.1 Å². The Morgan fingerprint density at radius 3 is 2.65 bits per heavy atom. The summed E-state index contributed by atoms with van der Waals surface area (Å²) >= 11 is 2.92. The number of nitrogens with zero attached hydrogens (tertiary/aromatic N) is 1. The van der Waals surface area contributed by atoms with Gasteiger partial charge in [0.2, 0.25) is 0 Å². The van der Waals surface area contributed by atoms with Crippen molar-refractivity contribution >= 4 is 34.6 Å². The van der Waals surface area contributed by atoms with E-state index in [4.69, 9.17) is 14.2 Å². The number of hydrogen-bond acceptors (Lipinski definition) is 7. The van der Waals surface area contributed by atoms with Gasteiger partial charge in [0.05, 0.1) is 31.1 Å². The average molecular weight is 351 g/mol. The second-order valence-electron chi connectivity index (χ2n) is 4.32. The maximum absolute atomic E-state index is 12.0. The zero-order valence-electron chi connectivity index (χ0n) is 13.1. The molecule has 0 saturated carbocycles. The van der Waals surface area contributed by atoms with E-state index < -0.39 is 5.97 Å².